The molecule has 4 heteroatoms. The third-order valence-electron chi connectivity index (χ3n) is 2.94. The van der Waals surface area contributed by atoms with E-state index in [0.29, 0.717) is 13.2 Å². The lowest BCUT2D eigenvalue weighted by Crippen LogP contribution is -2.36. The molecule has 0 aromatic heterocycles. The molecule has 3 nitrogen and oxygen atoms in total. The number of hydrogen-bond acceptors (Lipinski definition) is 2. The van der Waals surface area contributed by atoms with Crippen molar-refractivity contribution in [1.82, 2.24) is 5.32 Å². The third kappa shape index (κ3) is 3.73. The summed E-state index contributed by atoms with van der Waals surface area (Å²) in [5.41, 5.74) is 0. The summed E-state index contributed by atoms with van der Waals surface area (Å²) < 4.78 is 6.52. The van der Waals surface area contributed by atoms with Crippen LogP contribution in [0.2, 0.25) is 0 Å². The molecule has 0 heterocycles. The molecular formula is C13H16BrNO2. The van der Waals surface area contributed by atoms with E-state index in [1.807, 2.05) is 24.3 Å². The Morgan fingerprint density at radius 1 is 1.47 bits per heavy atom. The number of halogens is 1. The van der Waals surface area contributed by atoms with Crippen LogP contribution in [0.15, 0.2) is 28.7 Å². The Morgan fingerprint density at radius 2 is 2.29 bits per heavy atom. The van der Waals surface area contributed by atoms with Gasteiger partial charge >= 0.3 is 0 Å². The summed E-state index contributed by atoms with van der Waals surface area (Å²) in [5.74, 6) is 1.24. The van der Waals surface area contributed by atoms with E-state index in [1.165, 1.54) is 6.42 Å². The van der Waals surface area contributed by atoms with Crippen molar-refractivity contribution in [3.8, 4) is 5.75 Å². The fraction of sp³-hybridized carbons (Fsp3) is 0.462. The zero-order chi connectivity index (χ0) is 12.1. The van der Waals surface area contributed by atoms with Crippen LogP contribution in [0.3, 0.4) is 0 Å². The van der Waals surface area contributed by atoms with Gasteiger partial charge in [-0.3, -0.25) is 4.79 Å². The normalized spacial score (nSPS) is 15.1. The number of nitrogens with one attached hydrogen (secondary N) is 1. The summed E-state index contributed by atoms with van der Waals surface area (Å²) in [4.78, 5) is 11.5. The van der Waals surface area contributed by atoms with Gasteiger partial charge in [0.05, 0.1) is 6.54 Å². The summed E-state index contributed by atoms with van der Waals surface area (Å²) in [6.45, 7) is 1.08. The molecule has 0 saturated heterocycles. The molecule has 0 aliphatic heterocycles. The Hall–Kier alpha value is -1.03. The molecule has 2 rings (SSSR count). The van der Waals surface area contributed by atoms with Crippen molar-refractivity contribution in [3.05, 3.63) is 28.7 Å². The van der Waals surface area contributed by atoms with Crippen molar-refractivity contribution < 1.29 is 9.53 Å². The highest BCUT2D eigenvalue weighted by Crippen LogP contribution is 2.26. The van der Waals surface area contributed by atoms with Gasteiger partial charge in [0, 0.05) is 10.4 Å². The van der Waals surface area contributed by atoms with Gasteiger partial charge in [0.15, 0.2) is 0 Å². The van der Waals surface area contributed by atoms with Gasteiger partial charge in [-0.05, 0) is 31.0 Å². The van der Waals surface area contributed by atoms with E-state index in [2.05, 4.69) is 21.2 Å². The molecule has 0 spiro atoms. The minimum Gasteiger partial charge on any atom is -0.492 e. The Morgan fingerprint density at radius 3 is 2.94 bits per heavy atom. The monoisotopic (exact) mass is 297 g/mol. The highest BCUT2D eigenvalue weighted by atomic mass is 79.9. The van der Waals surface area contributed by atoms with Gasteiger partial charge in [0.1, 0.15) is 12.4 Å². The van der Waals surface area contributed by atoms with E-state index in [0.717, 1.165) is 23.1 Å². The van der Waals surface area contributed by atoms with E-state index in [-0.39, 0.29) is 11.8 Å². The van der Waals surface area contributed by atoms with Crippen molar-refractivity contribution in [2.45, 2.75) is 19.3 Å². The second-order valence-electron chi connectivity index (χ2n) is 4.22. The first-order valence-electron chi connectivity index (χ1n) is 5.92. The number of carbonyl (C=O) groups is 1. The second kappa shape index (κ2) is 6.05. The van der Waals surface area contributed by atoms with E-state index in [4.69, 9.17) is 4.74 Å². The number of amides is 1. The van der Waals surface area contributed by atoms with Crippen molar-refractivity contribution in [2.24, 2.45) is 5.92 Å². The van der Waals surface area contributed by atoms with Crippen molar-refractivity contribution >= 4 is 21.8 Å². The van der Waals surface area contributed by atoms with E-state index in [9.17, 15) is 4.79 Å². The van der Waals surface area contributed by atoms with Gasteiger partial charge in [0.2, 0.25) is 5.91 Å². The summed E-state index contributed by atoms with van der Waals surface area (Å²) in [7, 11) is 0. The Kier molecular flexibility index (Phi) is 4.42. The van der Waals surface area contributed by atoms with Crippen LogP contribution < -0.4 is 10.1 Å². The number of hydrogen-bond donors (Lipinski definition) is 1. The molecule has 1 aliphatic carbocycles. The summed E-state index contributed by atoms with van der Waals surface area (Å²) in [6, 6.07) is 7.68. The molecule has 1 amide bonds. The lowest BCUT2D eigenvalue weighted by atomic mass is 9.85. The number of benzene rings is 1. The molecule has 1 N–H and O–H groups in total. The van der Waals surface area contributed by atoms with E-state index < -0.39 is 0 Å². The van der Waals surface area contributed by atoms with Gasteiger partial charge in [-0.25, -0.2) is 0 Å². The van der Waals surface area contributed by atoms with Crippen LogP contribution in [0.1, 0.15) is 19.3 Å². The van der Waals surface area contributed by atoms with Gasteiger partial charge in [-0.15, -0.1) is 0 Å². The third-order valence-corrected chi connectivity index (χ3v) is 3.44. The summed E-state index contributed by atoms with van der Waals surface area (Å²) in [5, 5.41) is 2.89. The Labute approximate surface area is 110 Å². The highest BCUT2D eigenvalue weighted by molar-refractivity contribution is 9.10. The lowest BCUT2D eigenvalue weighted by Gasteiger charge is -2.23. The van der Waals surface area contributed by atoms with Crippen LogP contribution in [0.5, 0.6) is 5.75 Å². The molecule has 0 unspecified atom stereocenters. The Balaban J connectivity index is 1.64. The first kappa shape index (κ1) is 12.4. The van der Waals surface area contributed by atoms with Crippen LogP contribution in [0, 0.1) is 5.92 Å². The molecule has 0 atom stereocenters. The largest absolute Gasteiger partial charge is 0.492 e. The fourth-order valence-electron chi connectivity index (χ4n) is 1.71. The SMILES string of the molecule is O=C(NCCOc1cccc(Br)c1)C1CCC1. The van der Waals surface area contributed by atoms with Crippen molar-refractivity contribution in [2.75, 3.05) is 13.2 Å². The first-order valence-corrected chi connectivity index (χ1v) is 6.71. The molecular weight excluding hydrogens is 282 g/mol. The minimum atomic E-state index is 0.175. The number of carbonyl (C=O) groups excluding carboxylic acids is 1. The standard InChI is InChI=1S/C13H16BrNO2/c14-11-5-2-6-12(9-11)17-8-7-15-13(16)10-3-1-4-10/h2,5-6,9-10H,1,3-4,7-8H2,(H,15,16). The summed E-state index contributed by atoms with van der Waals surface area (Å²) >= 11 is 3.38. The highest BCUT2D eigenvalue weighted by Gasteiger charge is 2.24. The fourth-order valence-corrected chi connectivity index (χ4v) is 2.09. The molecule has 1 aliphatic rings. The molecule has 17 heavy (non-hydrogen) atoms. The van der Waals surface area contributed by atoms with Gasteiger partial charge < -0.3 is 10.1 Å². The topological polar surface area (TPSA) is 38.3 Å². The van der Waals surface area contributed by atoms with Crippen LogP contribution in [-0.4, -0.2) is 19.1 Å². The Bertz CT molecular complexity index is 391. The predicted octanol–water partition coefficient (Wildman–Crippen LogP) is 2.74. The molecule has 0 bridgehead atoms. The molecule has 1 aromatic rings. The smallest absolute Gasteiger partial charge is 0.223 e. The zero-order valence-electron chi connectivity index (χ0n) is 9.62. The van der Waals surface area contributed by atoms with Gasteiger partial charge in [0.25, 0.3) is 0 Å². The van der Waals surface area contributed by atoms with Crippen LogP contribution in [-0.2, 0) is 4.79 Å². The molecule has 1 saturated carbocycles. The van der Waals surface area contributed by atoms with Crippen LogP contribution in [0.4, 0.5) is 0 Å². The van der Waals surface area contributed by atoms with Crippen molar-refractivity contribution in [3.63, 3.8) is 0 Å². The van der Waals surface area contributed by atoms with Crippen LogP contribution in [0.25, 0.3) is 0 Å². The van der Waals surface area contributed by atoms with Gasteiger partial charge in [-0.1, -0.05) is 28.4 Å². The molecule has 0 radical (unpaired) electrons. The van der Waals surface area contributed by atoms with E-state index >= 15 is 0 Å². The van der Waals surface area contributed by atoms with E-state index in [1.54, 1.807) is 0 Å². The maximum atomic E-state index is 11.5. The van der Waals surface area contributed by atoms with Crippen LogP contribution >= 0.6 is 15.9 Å². The van der Waals surface area contributed by atoms with Gasteiger partial charge in [-0.2, -0.15) is 0 Å². The quantitative estimate of drug-likeness (QED) is 0.849. The average Bonchev–Trinajstić information content (AvgIpc) is 2.22. The summed E-state index contributed by atoms with van der Waals surface area (Å²) in [6.07, 6.45) is 3.27. The first-order chi connectivity index (χ1) is 8.25. The maximum absolute atomic E-state index is 11.5. The molecule has 92 valence electrons. The average molecular weight is 298 g/mol. The van der Waals surface area contributed by atoms with Crippen molar-refractivity contribution in [1.29, 1.82) is 0 Å². The molecule has 1 fully saturated rings. The molecule has 1 aromatic carbocycles. The minimum absolute atomic E-state index is 0.175. The predicted molar refractivity (Wildman–Crippen MR) is 70.0 cm³/mol. The lowest BCUT2D eigenvalue weighted by molar-refractivity contribution is -0.127. The number of rotatable bonds is 5. The zero-order valence-corrected chi connectivity index (χ0v) is 11.2. The number of ether oxygens (including phenoxy) is 1. The second-order valence-corrected chi connectivity index (χ2v) is 5.14. The maximum Gasteiger partial charge on any atom is 0.223 e.